The van der Waals surface area contributed by atoms with Crippen molar-refractivity contribution in [2.75, 3.05) is 45.3 Å². The van der Waals surface area contributed by atoms with E-state index >= 15 is 0 Å². The lowest BCUT2D eigenvalue weighted by molar-refractivity contribution is 0.0669. The van der Waals surface area contributed by atoms with E-state index < -0.39 is 0 Å². The van der Waals surface area contributed by atoms with Gasteiger partial charge in [-0.15, -0.1) is 0 Å². The van der Waals surface area contributed by atoms with Gasteiger partial charge in [-0.25, -0.2) is 0 Å². The molecular formula is C28H35Br2IN4O6. The van der Waals surface area contributed by atoms with Gasteiger partial charge in [0.15, 0.2) is 22.9 Å². The fraction of sp³-hybridized carbons (Fsp3) is 0.571. The van der Waals surface area contributed by atoms with Gasteiger partial charge in [0, 0.05) is 37.6 Å². The first-order chi connectivity index (χ1) is 19.6. The van der Waals surface area contributed by atoms with Crippen molar-refractivity contribution in [2.45, 2.75) is 58.0 Å². The molecule has 10 nitrogen and oxygen atoms in total. The first-order valence-electron chi connectivity index (χ1n) is 13.6. The van der Waals surface area contributed by atoms with Crippen LogP contribution in [0.1, 0.15) is 84.0 Å². The summed E-state index contributed by atoms with van der Waals surface area (Å²) in [5.41, 5.74) is 2.23. The summed E-state index contributed by atoms with van der Waals surface area (Å²) >= 11 is 8.89. The molecular weight excluding hydrogens is 775 g/mol. The molecule has 13 heteroatoms. The third-order valence-electron chi connectivity index (χ3n) is 8.30. The third-order valence-corrected chi connectivity index (χ3v) is 9.89. The first kappa shape index (κ1) is 32.1. The van der Waals surface area contributed by atoms with E-state index in [-0.39, 0.29) is 52.2 Å². The van der Waals surface area contributed by atoms with E-state index in [2.05, 4.69) is 61.4 Å². The zero-order chi connectivity index (χ0) is 30.3. The summed E-state index contributed by atoms with van der Waals surface area (Å²) in [7, 11) is 2.88. The van der Waals surface area contributed by atoms with E-state index in [4.69, 9.17) is 9.47 Å². The van der Waals surface area contributed by atoms with Crippen molar-refractivity contribution in [2.24, 2.45) is 0 Å². The van der Waals surface area contributed by atoms with Crippen molar-refractivity contribution in [3.8, 4) is 11.5 Å². The van der Waals surface area contributed by atoms with Crippen molar-refractivity contribution in [1.29, 1.82) is 0 Å². The minimum atomic E-state index is -0.229. The lowest BCUT2D eigenvalue weighted by atomic mass is 10.0. The summed E-state index contributed by atoms with van der Waals surface area (Å²) < 4.78 is 15.5. The molecule has 0 aromatic carbocycles. The highest BCUT2D eigenvalue weighted by atomic mass is 127. The van der Waals surface area contributed by atoms with E-state index in [0.29, 0.717) is 46.5 Å². The molecule has 0 radical (unpaired) electrons. The van der Waals surface area contributed by atoms with Crippen LogP contribution in [0.15, 0.2) is 18.5 Å². The van der Waals surface area contributed by atoms with Crippen LogP contribution in [-0.2, 0) is 6.42 Å². The van der Waals surface area contributed by atoms with Gasteiger partial charge in [0.25, 0.3) is 11.8 Å². The molecule has 0 N–H and O–H groups in total. The predicted octanol–water partition coefficient (Wildman–Crippen LogP) is 4.78. The van der Waals surface area contributed by atoms with Crippen LogP contribution in [0, 0.1) is 0 Å². The number of hydrogen-bond acceptors (Lipinski definition) is 6. The SMILES string of the molecule is CCN1CC2CC(C)c3c(Br)c(=O)c(OC)c(n32)C1=O.CCN1CC2CCc3c(Br)c(=O)c(OC)c(n32)C1=O.CI. The quantitative estimate of drug-likeness (QED) is 0.326. The first-order valence-corrected chi connectivity index (χ1v) is 17.3. The van der Waals surface area contributed by atoms with Crippen molar-refractivity contribution < 1.29 is 19.1 Å². The number of carbonyl (C=O) groups excluding carboxylic acids is 2. The Morgan fingerprint density at radius 1 is 0.805 bits per heavy atom. The van der Waals surface area contributed by atoms with Crippen LogP contribution >= 0.6 is 54.5 Å². The number of likely N-dealkylation sites (N-methyl/N-ethyl adjacent to an activating group) is 2. The van der Waals surface area contributed by atoms with Gasteiger partial charge in [0.1, 0.15) is 0 Å². The van der Waals surface area contributed by atoms with Gasteiger partial charge in [-0.3, -0.25) is 19.2 Å². The van der Waals surface area contributed by atoms with Crippen LogP contribution in [0.25, 0.3) is 0 Å². The van der Waals surface area contributed by atoms with E-state index in [1.807, 2.05) is 27.9 Å². The Balaban J connectivity index is 0.000000178. The predicted molar refractivity (Wildman–Crippen MR) is 172 cm³/mol. The second-order valence-corrected chi connectivity index (χ2v) is 11.9. The van der Waals surface area contributed by atoms with E-state index in [9.17, 15) is 19.2 Å². The highest BCUT2D eigenvalue weighted by Gasteiger charge is 2.42. The Bertz CT molecular complexity index is 1510. The number of rotatable bonds is 4. The number of hydrogen-bond donors (Lipinski definition) is 0. The molecule has 0 saturated carbocycles. The second-order valence-electron chi connectivity index (χ2n) is 10.3. The van der Waals surface area contributed by atoms with Gasteiger partial charge in [0.2, 0.25) is 10.9 Å². The summed E-state index contributed by atoms with van der Waals surface area (Å²) in [6.45, 7) is 8.72. The summed E-state index contributed by atoms with van der Waals surface area (Å²) in [5, 5.41) is 0. The van der Waals surface area contributed by atoms with Gasteiger partial charge in [-0.2, -0.15) is 0 Å². The standard InChI is InChI=1S/C14H17BrN2O3.C13H15BrN2O3.CH3I/c1-4-16-6-8-5-7(2)10-9(15)12(18)13(20-3)11(14(16)19)17(8)10;1-3-15-6-7-4-5-8-9(14)11(17)12(19-2)10(13(15)18)16(7)8;1-2/h7-8H,4-6H2,1-3H3;7H,3-6H2,1-2H3;1H3. The van der Waals surface area contributed by atoms with Gasteiger partial charge in [0.05, 0.1) is 35.2 Å². The molecule has 0 aliphatic carbocycles. The maximum atomic E-state index is 12.6. The zero-order valence-corrected chi connectivity index (χ0v) is 29.4. The van der Waals surface area contributed by atoms with Crippen molar-refractivity contribution in [3.63, 3.8) is 0 Å². The number of amides is 2. The van der Waals surface area contributed by atoms with E-state index in [0.717, 1.165) is 30.7 Å². The molecule has 224 valence electrons. The molecule has 2 aromatic rings. The fourth-order valence-corrected chi connectivity index (χ4v) is 7.83. The molecule has 3 atom stereocenters. The number of ether oxygens (including phenoxy) is 2. The minimum Gasteiger partial charge on any atom is -0.491 e. The average Bonchev–Trinajstić information content (AvgIpc) is 3.55. The minimum absolute atomic E-state index is 0.108. The molecule has 0 fully saturated rings. The summed E-state index contributed by atoms with van der Waals surface area (Å²) in [4.78, 5) is 55.3. The summed E-state index contributed by atoms with van der Waals surface area (Å²) in [6.07, 6.45) is 2.73. The van der Waals surface area contributed by atoms with Crippen LogP contribution in [0.3, 0.4) is 0 Å². The molecule has 0 spiro atoms. The number of carbonyl (C=O) groups is 2. The Hall–Kier alpha value is -1.87. The van der Waals surface area contributed by atoms with E-state index in [1.165, 1.54) is 14.2 Å². The van der Waals surface area contributed by atoms with Gasteiger partial charge in [-0.05, 0) is 75.8 Å². The monoisotopic (exact) mass is 808 g/mol. The van der Waals surface area contributed by atoms with Crippen LogP contribution in [0.2, 0.25) is 0 Å². The Kier molecular flexibility index (Phi) is 9.99. The van der Waals surface area contributed by atoms with Crippen LogP contribution in [0.4, 0.5) is 0 Å². The number of halogens is 3. The second kappa shape index (κ2) is 12.8. The number of pyridine rings is 2. The fourth-order valence-electron chi connectivity index (χ4n) is 6.50. The Labute approximate surface area is 269 Å². The molecule has 2 aromatic heterocycles. The van der Waals surface area contributed by atoms with Gasteiger partial charge < -0.3 is 28.4 Å². The molecule has 6 heterocycles. The molecule has 0 bridgehead atoms. The molecule has 4 aliphatic heterocycles. The van der Waals surface area contributed by atoms with Crippen molar-refractivity contribution >= 4 is 66.3 Å². The molecule has 3 unspecified atom stereocenters. The lowest BCUT2D eigenvalue weighted by Gasteiger charge is -2.34. The van der Waals surface area contributed by atoms with Crippen molar-refractivity contribution in [3.05, 3.63) is 52.2 Å². The largest absolute Gasteiger partial charge is 0.491 e. The molecule has 41 heavy (non-hydrogen) atoms. The Morgan fingerprint density at radius 2 is 1.29 bits per heavy atom. The maximum absolute atomic E-state index is 12.6. The Morgan fingerprint density at radius 3 is 1.80 bits per heavy atom. The highest BCUT2D eigenvalue weighted by Crippen LogP contribution is 2.44. The number of methoxy groups -OCH3 is 2. The lowest BCUT2D eigenvalue weighted by Crippen LogP contribution is -2.43. The van der Waals surface area contributed by atoms with Crippen molar-refractivity contribution in [1.82, 2.24) is 18.9 Å². The number of nitrogens with zero attached hydrogens (tertiary/aromatic N) is 4. The molecule has 4 aliphatic rings. The normalized spacial score (nSPS) is 21.4. The van der Waals surface area contributed by atoms with Gasteiger partial charge in [-0.1, -0.05) is 29.5 Å². The topological polar surface area (TPSA) is 103 Å². The van der Waals surface area contributed by atoms with E-state index in [1.54, 1.807) is 9.80 Å². The smallest absolute Gasteiger partial charge is 0.274 e. The van der Waals surface area contributed by atoms with Crippen LogP contribution in [-0.4, -0.2) is 76.1 Å². The van der Waals surface area contributed by atoms with Crippen LogP contribution < -0.4 is 20.3 Å². The summed E-state index contributed by atoms with van der Waals surface area (Å²) in [5.74, 6) is 0.355. The third kappa shape index (κ3) is 5.07. The zero-order valence-electron chi connectivity index (χ0n) is 24.1. The molecule has 0 saturated heterocycles. The average molecular weight is 810 g/mol. The number of aromatic nitrogens is 2. The molecule has 2 amide bonds. The number of alkyl halides is 1. The highest BCUT2D eigenvalue weighted by molar-refractivity contribution is 14.1. The van der Waals surface area contributed by atoms with Crippen LogP contribution in [0.5, 0.6) is 11.5 Å². The van der Waals surface area contributed by atoms with Gasteiger partial charge >= 0.3 is 0 Å². The molecule has 6 rings (SSSR count). The summed E-state index contributed by atoms with van der Waals surface area (Å²) in [6, 6.07) is 0.492. The maximum Gasteiger partial charge on any atom is 0.274 e.